The van der Waals surface area contributed by atoms with Crippen molar-refractivity contribution >= 4 is 43.9 Å². The summed E-state index contributed by atoms with van der Waals surface area (Å²) >= 11 is 3.21. The number of thiazole rings is 2. The van der Waals surface area contributed by atoms with Crippen molar-refractivity contribution in [2.24, 2.45) is 0 Å². The first-order chi connectivity index (χ1) is 15.1. The van der Waals surface area contributed by atoms with Gasteiger partial charge in [-0.2, -0.15) is 0 Å². The summed E-state index contributed by atoms with van der Waals surface area (Å²) in [6, 6.07) is 13.8. The van der Waals surface area contributed by atoms with E-state index in [4.69, 9.17) is 0 Å². The van der Waals surface area contributed by atoms with Crippen LogP contribution in [0.5, 0.6) is 0 Å². The molecule has 1 aliphatic rings. The highest BCUT2D eigenvalue weighted by atomic mass is 32.1. The number of nitrogens with one attached hydrogen (secondary N) is 1. The lowest BCUT2D eigenvalue weighted by Gasteiger charge is -2.28. The minimum atomic E-state index is -0.0917. The second kappa shape index (κ2) is 8.49. The number of benzene rings is 2. The molecule has 1 N–H and O–H groups in total. The summed E-state index contributed by atoms with van der Waals surface area (Å²) in [7, 11) is 0. The number of anilines is 1. The molecule has 1 aliphatic heterocycles. The molecule has 5 rings (SSSR count). The molecule has 0 bridgehead atoms. The number of hydrogen-bond donors (Lipinski definition) is 1. The molecule has 2 aromatic heterocycles. The van der Waals surface area contributed by atoms with E-state index in [2.05, 4.69) is 63.5 Å². The van der Waals surface area contributed by atoms with Gasteiger partial charge in [0.1, 0.15) is 0 Å². The number of carbonyl (C=O) groups is 1. The Kier molecular flexibility index (Phi) is 5.56. The molecule has 0 saturated carbocycles. The summed E-state index contributed by atoms with van der Waals surface area (Å²) in [6.45, 7) is 5.89. The van der Waals surface area contributed by atoms with Gasteiger partial charge in [0.2, 0.25) is 5.91 Å². The quantitative estimate of drug-likeness (QED) is 0.445. The zero-order valence-electron chi connectivity index (χ0n) is 17.6. The molecule has 0 radical (unpaired) electrons. The lowest BCUT2D eigenvalue weighted by molar-refractivity contribution is -0.114. The fourth-order valence-corrected chi connectivity index (χ4v) is 5.76. The highest BCUT2D eigenvalue weighted by Crippen LogP contribution is 2.32. The monoisotopic (exact) mass is 448 g/mol. The third-order valence-corrected chi connectivity index (χ3v) is 7.77. The SMILES string of the molecule is CC(=O)Nc1ncc(-c2ccc3c(c2)CCN([C@H](C)c2ccc4scnc4c2)CC3)s1. The molecule has 0 saturated heterocycles. The molecular formula is C24H24N4OS2. The predicted molar refractivity (Wildman–Crippen MR) is 129 cm³/mol. The Morgan fingerprint density at radius 1 is 1.10 bits per heavy atom. The van der Waals surface area contributed by atoms with Crippen molar-refractivity contribution in [2.75, 3.05) is 18.4 Å². The summed E-state index contributed by atoms with van der Waals surface area (Å²) in [4.78, 5) is 23.7. The first-order valence-electron chi connectivity index (χ1n) is 10.5. The molecule has 31 heavy (non-hydrogen) atoms. The molecular weight excluding hydrogens is 424 g/mol. The van der Waals surface area contributed by atoms with Gasteiger partial charge in [-0.15, -0.1) is 11.3 Å². The Labute approximate surface area is 189 Å². The van der Waals surface area contributed by atoms with Crippen LogP contribution in [-0.2, 0) is 17.6 Å². The van der Waals surface area contributed by atoms with Crippen molar-refractivity contribution in [3.05, 3.63) is 64.8 Å². The maximum absolute atomic E-state index is 11.3. The maximum Gasteiger partial charge on any atom is 0.223 e. The van der Waals surface area contributed by atoms with Crippen molar-refractivity contribution in [3.8, 4) is 10.4 Å². The highest BCUT2D eigenvalue weighted by Gasteiger charge is 2.21. The van der Waals surface area contributed by atoms with Gasteiger partial charge in [-0.25, -0.2) is 9.97 Å². The van der Waals surface area contributed by atoms with Gasteiger partial charge in [0, 0.05) is 32.3 Å². The number of carbonyl (C=O) groups excluding carboxylic acids is 1. The number of fused-ring (bicyclic) bond motifs is 2. The van der Waals surface area contributed by atoms with E-state index in [9.17, 15) is 4.79 Å². The molecule has 158 valence electrons. The van der Waals surface area contributed by atoms with Gasteiger partial charge >= 0.3 is 0 Å². The van der Waals surface area contributed by atoms with Crippen molar-refractivity contribution in [3.63, 3.8) is 0 Å². The van der Waals surface area contributed by atoms with Gasteiger partial charge in [0.05, 0.1) is 20.6 Å². The molecule has 7 heteroatoms. The Morgan fingerprint density at radius 2 is 1.94 bits per heavy atom. The van der Waals surface area contributed by atoms with Crippen molar-refractivity contribution in [1.82, 2.24) is 14.9 Å². The molecule has 2 aromatic carbocycles. The lowest BCUT2D eigenvalue weighted by atomic mass is 10.00. The van der Waals surface area contributed by atoms with Crippen LogP contribution in [0.15, 0.2) is 48.1 Å². The van der Waals surface area contributed by atoms with Crippen LogP contribution in [0.4, 0.5) is 5.13 Å². The van der Waals surface area contributed by atoms with Gasteiger partial charge in [-0.05, 0) is 60.2 Å². The van der Waals surface area contributed by atoms with E-state index in [-0.39, 0.29) is 5.91 Å². The summed E-state index contributed by atoms with van der Waals surface area (Å²) in [5.41, 5.74) is 8.36. The molecule has 3 heterocycles. The van der Waals surface area contributed by atoms with Crippen LogP contribution in [-0.4, -0.2) is 33.9 Å². The Bertz CT molecular complexity index is 1250. The van der Waals surface area contributed by atoms with Crippen LogP contribution in [0, 0.1) is 0 Å². The number of nitrogens with zero attached hydrogens (tertiary/aromatic N) is 3. The molecule has 1 atom stereocenters. The average molecular weight is 449 g/mol. The van der Waals surface area contributed by atoms with Crippen LogP contribution in [0.1, 0.15) is 36.6 Å². The van der Waals surface area contributed by atoms with Crippen LogP contribution in [0.3, 0.4) is 0 Å². The molecule has 1 amide bonds. The second-order valence-electron chi connectivity index (χ2n) is 7.99. The van der Waals surface area contributed by atoms with Gasteiger partial charge in [0.25, 0.3) is 0 Å². The normalized spacial score (nSPS) is 15.4. The fourth-order valence-electron chi connectivity index (χ4n) is 4.24. The van der Waals surface area contributed by atoms with Crippen LogP contribution >= 0.6 is 22.7 Å². The van der Waals surface area contributed by atoms with E-state index in [0.717, 1.165) is 36.3 Å². The third kappa shape index (κ3) is 4.26. The van der Waals surface area contributed by atoms with Crippen molar-refractivity contribution in [1.29, 1.82) is 0 Å². The number of rotatable bonds is 4. The smallest absolute Gasteiger partial charge is 0.223 e. The number of amides is 1. The molecule has 4 aromatic rings. The molecule has 0 spiro atoms. The standard InChI is InChI=1S/C24H24N4OS2/c1-15(18-5-6-22-21(12-18)26-14-30-22)28-9-7-17-3-4-20(11-19(17)8-10-28)23-13-25-24(31-23)27-16(2)29/h3-6,11-15H,7-10H2,1-2H3,(H,25,27,29)/t15-/m1/s1. The summed E-state index contributed by atoms with van der Waals surface area (Å²) < 4.78 is 1.25. The summed E-state index contributed by atoms with van der Waals surface area (Å²) in [5, 5.41) is 3.42. The predicted octanol–water partition coefficient (Wildman–Crippen LogP) is 5.54. The second-order valence-corrected chi connectivity index (χ2v) is 9.90. The van der Waals surface area contributed by atoms with Gasteiger partial charge in [-0.1, -0.05) is 29.5 Å². The first kappa shape index (κ1) is 20.3. The Morgan fingerprint density at radius 3 is 2.77 bits per heavy atom. The Hall–Kier alpha value is -2.61. The summed E-state index contributed by atoms with van der Waals surface area (Å²) in [5.74, 6) is -0.0917. The number of hydrogen-bond acceptors (Lipinski definition) is 6. The van der Waals surface area contributed by atoms with E-state index in [1.165, 1.54) is 45.2 Å². The number of aromatic nitrogens is 2. The largest absolute Gasteiger partial charge is 0.302 e. The van der Waals surface area contributed by atoms with E-state index in [0.29, 0.717) is 11.2 Å². The fraction of sp³-hybridized carbons (Fsp3) is 0.292. The summed E-state index contributed by atoms with van der Waals surface area (Å²) in [6.07, 6.45) is 3.93. The van der Waals surface area contributed by atoms with Crippen LogP contribution in [0.2, 0.25) is 0 Å². The topological polar surface area (TPSA) is 58.1 Å². The maximum atomic E-state index is 11.3. The van der Waals surface area contributed by atoms with E-state index >= 15 is 0 Å². The minimum absolute atomic E-state index is 0.0917. The van der Waals surface area contributed by atoms with Crippen molar-refractivity contribution < 1.29 is 4.79 Å². The first-order valence-corrected chi connectivity index (χ1v) is 12.2. The van der Waals surface area contributed by atoms with Gasteiger partial charge in [-0.3, -0.25) is 9.69 Å². The molecule has 0 aliphatic carbocycles. The van der Waals surface area contributed by atoms with Crippen molar-refractivity contribution in [2.45, 2.75) is 32.7 Å². The van der Waals surface area contributed by atoms with E-state index in [1.807, 2.05) is 11.7 Å². The molecule has 5 nitrogen and oxygen atoms in total. The Balaban J connectivity index is 1.33. The zero-order valence-corrected chi connectivity index (χ0v) is 19.2. The minimum Gasteiger partial charge on any atom is -0.302 e. The van der Waals surface area contributed by atoms with E-state index < -0.39 is 0 Å². The highest BCUT2D eigenvalue weighted by molar-refractivity contribution is 7.19. The van der Waals surface area contributed by atoms with Gasteiger partial charge in [0.15, 0.2) is 5.13 Å². The molecule has 0 unspecified atom stereocenters. The third-order valence-electron chi connectivity index (χ3n) is 6.00. The van der Waals surface area contributed by atoms with E-state index in [1.54, 1.807) is 11.3 Å². The zero-order chi connectivity index (χ0) is 21.4. The van der Waals surface area contributed by atoms with Gasteiger partial charge < -0.3 is 5.32 Å². The van der Waals surface area contributed by atoms with Crippen LogP contribution in [0.25, 0.3) is 20.7 Å². The molecule has 0 fully saturated rings. The average Bonchev–Trinajstić information content (AvgIpc) is 3.37. The van der Waals surface area contributed by atoms with Crippen LogP contribution < -0.4 is 5.32 Å². The lowest BCUT2D eigenvalue weighted by Crippen LogP contribution is -2.29.